The molecule has 0 radical (unpaired) electrons. The first-order valence-corrected chi connectivity index (χ1v) is 6.43. The van der Waals surface area contributed by atoms with Crippen LogP contribution in [0.2, 0.25) is 0 Å². The third-order valence-corrected chi connectivity index (χ3v) is 4.20. The van der Waals surface area contributed by atoms with Crippen LogP contribution in [0.25, 0.3) is 0 Å². The quantitative estimate of drug-likeness (QED) is 0.448. The molecule has 0 heterocycles. The maximum atomic E-state index is 11.6. The van der Waals surface area contributed by atoms with Crippen molar-refractivity contribution in [1.82, 2.24) is 0 Å². The van der Waals surface area contributed by atoms with Crippen LogP contribution in [0.4, 0.5) is 0 Å². The zero-order chi connectivity index (χ0) is 15.7. The van der Waals surface area contributed by atoms with Crippen molar-refractivity contribution < 1.29 is 23.9 Å². The minimum absolute atomic E-state index is 0.416. The van der Waals surface area contributed by atoms with Crippen LogP contribution in [-0.2, 0) is 18.9 Å². The first-order valence-electron chi connectivity index (χ1n) is 6.43. The molecule has 2 atom stereocenters. The first kappa shape index (κ1) is 15.8. The fourth-order valence-corrected chi connectivity index (χ4v) is 3.31. The molecule has 7 nitrogen and oxygen atoms in total. The zero-order valence-corrected chi connectivity index (χ0v) is 12.4. The number of hydrogen-bond donors (Lipinski definition) is 0. The van der Waals surface area contributed by atoms with E-state index in [9.17, 15) is 10.1 Å². The van der Waals surface area contributed by atoms with Crippen LogP contribution in [0.5, 0.6) is 0 Å². The SMILES string of the molecule is COC1(OC)C(c2ccccc2)C([N+](=O)[O-])C1(OC)OC. The van der Waals surface area contributed by atoms with Gasteiger partial charge in [0.25, 0.3) is 11.8 Å². The second kappa shape index (κ2) is 5.69. The number of nitro groups is 1. The number of nitrogens with zero attached hydrogens (tertiary/aromatic N) is 1. The molecule has 0 spiro atoms. The Bertz CT molecular complexity index is 497. The number of rotatable bonds is 6. The molecule has 2 rings (SSSR count). The summed E-state index contributed by atoms with van der Waals surface area (Å²) in [6, 6.07) is 7.90. The Balaban J connectivity index is 2.58. The molecule has 7 heteroatoms. The van der Waals surface area contributed by atoms with Crippen molar-refractivity contribution in [1.29, 1.82) is 0 Å². The van der Waals surface area contributed by atoms with Gasteiger partial charge in [-0.15, -0.1) is 0 Å². The molecule has 0 amide bonds. The lowest BCUT2D eigenvalue weighted by molar-refractivity contribution is -0.640. The minimum Gasteiger partial charge on any atom is -0.348 e. The highest BCUT2D eigenvalue weighted by atomic mass is 16.8. The monoisotopic (exact) mass is 297 g/mol. The van der Waals surface area contributed by atoms with E-state index in [1.807, 2.05) is 18.2 Å². The third kappa shape index (κ3) is 1.89. The van der Waals surface area contributed by atoms with Gasteiger partial charge in [-0.1, -0.05) is 30.3 Å². The van der Waals surface area contributed by atoms with Crippen molar-refractivity contribution in [3.8, 4) is 0 Å². The van der Waals surface area contributed by atoms with E-state index in [1.165, 1.54) is 28.4 Å². The van der Waals surface area contributed by atoms with Crippen molar-refractivity contribution >= 4 is 0 Å². The molecule has 1 aliphatic rings. The van der Waals surface area contributed by atoms with Crippen molar-refractivity contribution in [2.24, 2.45) is 0 Å². The van der Waals surface area contributed by atoms with Gasteiger partial charge in [0.1, 0.15) is 5.92 Å². The minimum atomic E-state index is -1.61. The second-order valence-corrected chi connectivity index (χ2v) is 4.77. The lowest BCUT2D eigenvalue weighted by Gasteiger charge is -2.59. The largest absolute Gasteiger partial charge is 0.348 e. The predicted octanol–water partition coefficient (Wildman–Crippen LogP) is 1.41. The Morgan fingerprint density at radius 3 is 1.81 bits per heavy atom. The van der Waals surface area contributed by atoms with Gasteiger partial charge in [0, 0.05) is 33.4 Å². The lowest BCUT2D eigenvalue weighted by atomic mass is 9.63. The summed E-state index contributed by atoms with van der Waals surface area (Å²) in [6.07, 6.45) is 0. The van der Waals surface area contributed by atoms with Crippen LogP contribution in [0, 0.1) is 10.1 Å². The van der Waals surface area contributed by atoms with Crippen LogP contribution < -0.4 is 0 Å². The fraction of sp³-hybridized carbons (Fsp3) is 0.571. The van der Waals surface area contributed by atoms with Gasteiger partial charge < -0.3 is 18.9 Å². The molecular formula is C14H19NO6. The average Bonchev–Trinajstić information content (AvgIpc) is 2.49. The van der Waals surface area contributed by atoms with Crippen LogP contribution in [0.3, 0.4) is 0 Å². The topological polar surface area (TPSA) is 80.1 Å². The molecule has 0 aromatic heterocycles. The predicted molar refractivity (Wildman–Crippen MR) is 73.5 cm³/mol. The highest BCUT2D eigenvalue weighted by Crippen LogP contribution is 2.58. The molecule has 1 aromatic carbocycles. The van der Waals surface area contributed by atoms with E-state index in [1.54, 1.807) is 12.1 Å². The van der Waals surface area contributed by atoms with Gasteiger partial charge >= 0.3 is 0 Å². The maximum Gasteiger partial charge on any atom is 0.294 e. The van der Waals surface area contributed by atoms with E-state index in [0.717, 1.165) is 5.56 Å². The molecule has 1 saturated carbocycles. The standard InChI is InChI=1S/C14H19NO6/c1-18-13(19-2)11(10-8-6-5-7-9-10)12(15(16)17)14(13,20-3)21-4/h5-9,11-12H,1-4H3. The lowest BCUT2D eigenvalue weighted by Crippen LogP contribution is -2.82. The molecule has 1 fully saturated rings. The number of methoxy groups -OCH3 is 4. The third-order valence-electron chi connectivity index (χ3n) is 4.20. The molecule has 0 aliphatic heterocycles. The van der Waals surface area contributed by atoms with Gasteiger partial charge in [-0.2, -0.15) is 0 Å². The average molecular weight is 297 g/mol. The Hall–Kier alpha value is -1.54. The molecule has 1 aromatic rings. The van der Waals surface area contributed by atoms with Crippen LogP contribution in [-0.4, -0.2) is 51.0 Å². The fourth-order valence-electron chi connectivity index (χ4n) is 3.31. The van der Waals surface area contributed by atoms with Gasteiger partial charge in [-0.3, -0.25) is 10.1 Å². The molecule has 2 unspecified atom stereocenters. The zero-order valence-electron chi connectivity index (χ0n) is 12.4. The summed E-state index contributed by atoms with van der Waals surface area (Å²) in [4.78, 5) is 11.1. The summed E-state index contributed by atoms with van der Waals surface area (Å²) in [7, 11) is 5.52. The highest BCUT2D eigenvalue weighted by molar-refractivity contribution is 5.33. The van der Waals surface area contributed by atoms with Gasteiger partial charge in [0.2, 0.25) is 5.79 Å². The van der Waals surface area contributed by atoms with Crippen molar-refractivity contribution in [2.45, 2.75) is 23.5 Å². The van der Waals surface area contributed by atoms with E-state index >= 15 is 0 Å². The van der Waals surface area contributed by atoms with Gasteiger partial charge in [0.05, 0.1) is 0 Å². The molecule has 0 N–H and O–H groups in total. The number of hydrogen-bond acceptors (Lipinski definition) is 6. The Morgan fingerprint density at radius 2 is 1.43 bits per heavy atom. The summed E-state index contributed by atoms with van der Waals surface area (Å²) in [5.41, 5.74) is 0.729. The van der Waals surface area contributed by atoms with Gasteiger partial charge in [-0.25, -0.2) is 0 Å². The smallest absolute Gasteiger partial charge is 0.294 e. The van der Waals surface area contributed by atoms with Gasteiger partial charge in [-0.05, 0) is 5.56 Å². The number of benzene rings is 1. The van der Waals surface area contributed by atoms with Crippen molar-refractivity contribution in [2.75, 3.05) is 28.4 Å². The molecular weight excluding hydrogens is 278 g/mol. The molecule has 116 valence electrons. The van der Waals surface area contributed by atoms with E-state index in [4.69, 9.17) is 18.9 Å². The van der Waals surface area contributed by atoms with E-state index in [2.05, 4.69) is 0 Å². The summed E-state index contributed by atoms with van der Waals surface area (Å²) in [5, 5.41) is 11.6. The van der Waals surface area contributed by atoms with Crippen molar-refractivity contribution in [3.05, 3.63) is 46.0 Å². The Labute approximate surface area is 122 Å². The second-order valence-electron chi connectivity index (χ2n) is 4.77. The van der Waals surface area contributed by atoms with E-state index in [-0.39, 0.29) is 0 Å². The number of ether oxygens (including phenoxy) is 4. The van der Waals surface area contributed by atoms with Gasteiger partial charge in [0.15, 0.2) is 0 Å². The van der Waals surface area contributed by atoms with Crippen molar-refractivity contribution in [3.63, 3.8) is 0 Å². The molecule has 1 aliphatic carbocycles. The Morgan fingerprint density at radius 1 is 0.952 bits per heavy atom. The van der Waals surface area contributed by atoms with E-state index < -0.39 is 28.5 Å². The summed E-state index contributed by atoms with van der Waals surface area (Å²) in [5.74, 6) is -3.65. The summed E-state index contributed by atoms with van der Waals surface area (Å²) < 4.78 is 21.6. The first-order chi connectivity index (χ1) is 10.0. The summed E-state index contributed by atoms with van der Waals surface area (Å²) >= 11 is 0. The van der Waals surface area contributed by atoms with Crippen LogP contribution >= 0.6 is 0 Å². The molecule has 0 bridgehead atoms. The summed E-state index contributed by atoms with van der Waals surface area (Å²) in [6.45, 7) is 0. The molecule has 21 heavy (non-hydrogen) atoms. The van der Waals surface area contributed by atoms with Crippen LogP contribution in [0.1, 0.15) is 11.5 Å². The normalized spacial score (nSPS) is 26.1. The Kier molecular flexibility index (Phi) is 4.29. The van der Waals surface area contributed by atoms with E-state index in [0.29, 0.717) is 0 Å². The maximum absolute atomic E-state index is 11.6. The van der Waals surface area contributed by atoms with Crippen LogP contribution in [0.15, 0.2) is 30.3 Å². The highest BCUT2D eigenvalue weighted by Gasteiger charge is 2.83. The molecule has 0 saturated heterocycles.